The summed E-state index contributed by atoms with van der Waals surface area (Å²) in [4.78, 5) is 21.1. The molecule has 0 radical (unpaired) electrons. The number of benzene rings is 2. The van der Waals surface area contributed by atoms with Gasteiger partial charge in [-0.15, -0.1) is 0 Å². The van der Waals surface area contributed by atoms with Crippen molar-refractivity contribution in [2.75, 3.05) is 5.32 Å². The molecule has 0 aliphatic rings. The number of rotatable bonds is 5. The molecule has 4 aromatic rings. The monoisotopic (exact) mass is 393 g/mol. The standard InChI is InChI=1S/C20H16FN5OS/c1-13(19(27)25-15-9-7-14(21)8-10-15)28-20-17-11-24-26(18(17)22-12-23-20)16-5-3-2-4-6-16/h2-13H,1H3,(H,25,27). The quantitative estimate of drug-likeness (QED) is 0.409. The van der Waals surface area contributed by atoms with Gasteiger partial charge in [0.25, 0.3) is 0 Å². The smallest absolute Gasteiger partial charge is 0.237 e. The lowest BCUT2D eigenvalue weighted by molar-refractivity contribution is -0.115. The molecule has 0 fully saturated rings. The fourth-order valence-electron chi connectivity index (χ4n) is 2.67. The van der Waals surface area contributed by atoms with Crippen LogP contribution in [0.3, 0.4) is 0 Å². The number of aromatic nitrogens is 4. The summed E-state index contributed by atoms with van der Waals surface area (Å²) < 4.78 is 14.7. The zero-order valence-corrected chi connectivity index (χ0v) is 15.7. The fraction of sp³-hybridized carbons (Fsp3) is 0.100. The van der Waals surface area contributed by atoms with E-state index in [1.54, 1.807) is 17.8 Å². The summed E-state index contributed by atoms with van der Waals surface area (Å²) in [6.07, 6.45) is 3.17. The van der Waals surface area contributed by atoms with Gasteiger partial charge in [-0.25, -0.2) is 19.0 Å². The molecule has 0 aliphatic carbocycles. The van der Waals surface area contributed by atoms with E-state index in [1.807, 2.05) is 30.3 Å². The van der Waals surface area contributed by atoms with Crippen molar-refractivity contribution in [3.63, 3.8) is 0 Å². The molecule has 0 bridgehead atoms. The van der Waals surface area contributed by atoms with Gasteiger partial charge in [0.15, 0.2) is 5.65 Å². The first-order valence-electron chi connectivity index (χ1n) is 8.59. The van der Waals surface area contributed by atoms with Gasteiger partial charge in [-0.1, -0.05) is 30.0 Å². The van der Waals surface area contributed by atoms with E-state index in [0.717, 1.165) is 11.1 Å². The molecule has 6 nitrogen and oxygen atoms in total. The highest BCUT2D eigenvalue weighted by molar-refractivity contribution is 8.00. The van der Waals surface area contributed by atoms with Gasteiger partial charge >= 0.3 is 0 Å². The zero-order valence-electron chi connectivity index (χ0n) is 14.9. The lowest BCUT2D eigenvalue weighted by Gasteiger charge is -2.12. The van der Waals surface area contributed by atoms with Gasteiger partial charge in [0.05, 0.1) is 22.5 Å². The third-order valence-corrected chi connectivity index (χ3v) is 5.22. The van der Waals surface area contributed by atoms with Crippen LogP contribution in [0.1, 0.15) is 6.92 Å². The number of hydrogen-bond donors (Lipinski definition) is 1. The Bertz CT molecular complexity index is 1110. The summed E-state index contributed by atoms with van der Waals surface area (Å²) >= 11 is 1.32. The summed E-state index contributed by atoms with van der Waals surface area (Å²) in [5.41, 5.74) is 2.12. The Labute approximate surface area is 164 Å². The van der Waals surface area contributed by atoms with E-state index < -0.39 is 5.25 Å². The third-order valence-electron chi connectivity index (χ3n) is 4.10. The molecule has 0 saturated carbocycles. The van der Waals surface area contributed by atoms with Crippen molar-refractivity contribution in [3.8, 4) is 5.69 Å². The maximum absolute atomic E-state index is 13.0. The van der Waals surface area contributed by atoms with Crippen molar-refractivity contribution in [1.82, 2.24) is 19.7 Å². The molecule has 1 atom stereocenters. The number of fused-ring (bicyclic) bond motifs is 1. The van der Waals surface area contributed by atoms with Crippen LogP contribution in [-0.4, -0.2) is 30.9 Å². The first kappa shape index (κ1) is 18.1. The van der Waals surface area contributed by atoms with Crippen LogP contribution in [0.15, 0.2) is 72.1 Å². The Morgan fingerprint density at radius 2 is 1.86 bits per heavy atom. The van der Waals surface area contributed by atoms with Gasteiger partial charge in [0, 0.05) is 5.69 Å². The maximum atomic E-state index is 13.0. The summed E-state index contributed by atoms with van der Waals surface area (Å²) in [5, 5.41) is 8.23. The lowest BCUT2D eigenvalue weighted by atomic mass is 10.3. The van der Waals surface area contributed by atoms with Crippen molar-refractivity contribution in [2.24, 2.45) is 0 Å². The van der Waals surface area contributed by atoms with Crippen LogP contribution in [0.25, 0.3) is 16.7 Å². The topological polar surface area (TPSA) is 72.7 Å². The molecule has 2 aromatic heterocycles. The predicted molar refractivity (Wildman–Crippen MR) is 107 cm³/mol. The van der Waals surface area contributed by atoms with Crippen LogP contribution >= 0.6 is 11.8 Å². The predicted octanol–water partition coefficient (Wildman–Crippen LogP) is 4.07. The van der Waals surface area contributed by atoms with Gasteiger partial charge in [0.1, 0.15) is 17.2 Å². The largest absolute Gasteiger partial charge is 0.325 e. The Morgan fingerprint density at radius 1 is 1.11 bits per heavy atom. The number of halogens is 1. The Balaban J connectivity index is 1.55. The number of nitrogens with one attached hydrogen (secondary N) is 1. The molecule has 0 aliphatic heterocycles. The fourth-order valence-corrected chi connectivity index (χ4v) is 3.55. The van der Waals surface area contributed by atoms with Gasteiger partial charge in [-0.05, 0) is 43.3 Å². The summed E-state index contributed by atoms with van der Waals surface area (Å²) in [7, 11) is 0. The van der Waals surface area contributed by atoms with E-state index in [4.69, 9.17) is 0 Å². The normalized spacial score (nSPS) is 12.1. The summed E-state index contributed by atoms with van der Waals surface area (Å²) in [6, 6.07) is 15.4. The van der Waals surface area contributed by atoms with Crippen LogP contribution in [0, 0.1) is 5.82 Å². The molecule has 2 heterocycles. The van der Waals surface area contributed by atoms with E-state index in [9.17, 15) is 9.18 Å². The Hall–Kier alpha value is -3.26. The van der Waals surface area contributed by atoms with Crippen molar-refractivity contribution < 1.29 is 9.18 Å². The number of carbonyl (C=O) groups is 1. The van der Waals surface area contributed by atoms with Crippen LogP contribution in [0.5, 0.6) is 0 Å². The second-order valence-electron chi connectivity index (χ2n) is 6.06. The van der Waals surface area contributed by atoms with Crippen molar-refractivity contribution in [3.05, 3.63) is 72.9 Å². The van der Waals surface area contributed by atoms with Gasteiger partial charge in [-0.2, -0.15) is 5.10 Å². The minimum atomic E-state index is -0.414. The van der Waals surface area contributed by atoms with Gasteiger partial charge < -0.3 is 5.32 Å². The van der Waals surface area contributed by atoms with Crippen LogP contribution in [-0.2, 0) is 4.79 Å². The molecule has 1 unspecified atom stereocenters. The highest BCUT2D eigenvalue weighted by Gasteiger charge is 2.19. The highest BCUT2D eigenvalue weighted by Crippen LogP contribution is 2.29. The summed E-state index contributed by atoms with van der Waals surface area (Å²) in [5.74, 6) is -0.543. The lowest BCUT2D eigenvalue weighted by Crippen LogP contribution is -2.22. The summed E-state index contributed by atoms with van der Waals surface area (Å²) in [6.45, 7) is 1.79. The number of nitrogens with zero attached hydrogens (tertiary/aromatic N) is 4. The molecule has 2 aromatic carbocycles. The van der Waals surface area contributed by atoms with Crippen LogP contribution in [0.2, 0.25) is 0 Å². The molecular weight excluding hydrogens is 377 g/mol. The average molecular weight is 393 g/mol. The number of anilines is 1. The second kappa shape index (κ2) is 7.77. The molecule has 28 heavy (non-hydrogen) atoms. The molecular formula is C20H16FN5OS. The number of carbonyl (C=O) groups excluding carboxylic acids is 1. The Morgan fingerprint density at radius 3 is 2.61 bits per heavy atom. The zero-order chi connectivity index (χ0) is 19.5. The highest BCUT2D eigenvalue weighted by atomic mass is 32.2. The first-order valence-corrected chi connectivity index (χ1v) is 9.47. The van der Waals surface area contributed by atoms with Gasteiger partial charge in [-0.3, -0.25) is 4.79 Å². The van der Waals surface area contributed by atoms with E-state index in [2.05, 4.69) is 20.4 Å². The van der Waals surface area contributed by atoms with E-state index >= 15 is 0 Å². The average Bonchev–Trinajstić information content (AvgIpc) is 3.15. The van der Waals surface area contributed by atoms with E-state index in [1.165, 1.54) is 42.4 Å². The molecule has 1 N–H and O–H groups in total. The first-order chi connectivity index (χ1) is 13.6. The second-order valence-corrected chi connectivity index (χ2v) is 7.39. The van der Waals surface area contributed by atoms with Gasteiger partial charge in [0.2, 0.25) is 5.91 Å². The molecule has 4 rings (SSSR count). The molecule has 1 amide bonds. The third kappa shape index (κ3) is 3.72. The SMILES string of the molecule is CC(Sc1ncnc2c1cnn2-c1ccccc1)C(=O)Nc1ccc(F)cc1. The van der Waals surface area contributed by atoms with Crippen LogP contribution < -0.4 is 5.32 Å². The van der Waals surface area contributed by atoms with E-state index in [-0.39, 0.29) is 11.7 Å². The number of hydrogen-bond acceptors (Lipinski definition) is 5. The molecule has 8 heteroatoms. The molecule has 0 spiro atoms. The van der Waals surface area contributed by atoms with E-state index in [0.29, 0.717) is 16.4 Å². The van der Waals surface area contributed by atoms with Crippen molar-refractivity contribution >= 4 is 34.4 Å². The molecule has 0 saturated heterocycles. The van der Waals surface area contributed by atoms with Crippen molar-refractivity contribution in [1.29, 1.82) is 0 Å². The number of amides is 1. The van der Waals surface area contributed by atoms with Crippen LogP contribution in [0.4, 0.5) is 10.1 Å². The minimum absolute atomic E-state index is 0.196. The minimum Gasteiger partial charge on any atom is -0.325 e. The Kier molecular flexibility index (Phi) is 5.03. The maximum Gasteiger partial charge on any atom is 0.237 e. The molecule has 140 valence electrons. The number of para-hydroxylation sites is 1. The van der Waals surface area contributed by atoms with Crippen molar-refractivity contribution in [2.45, 2.75) is 17.2 Å². The number of thioether (sulfide) groups is 1.